The number of hydrogen-bond acceptors (Lipinski definition) is 5. The molecular formula is C24H19ClN2O4S. The molecule has 0 saturated heterocycles. The summed E-state index contributed by atoms with van der Waals surface area (Å²) in [4.78, 5) is 28.2. The first-order chi connectivity index (χ1) is 15.6. The predicted octanol–water partition coefficient (Wildman–Crippen LogP) is 4.64. The topological polar surface area (TPSA) is 67.9 Å². The van der Waals surface area contributed by atoms with Crippen molar-refractivity contribution >= 4 is 40.9 Å². The van der Waals surface area contributed by atoms with E-state index < -0.39 is 0 Å². The lowest BCUT2D eigenvalue weighted by atomic mass is 10.1. The van der Waals surface area contributed by atoms with E-state index in [0.29, 0.717) is 40.9 Å². The van der Waals surface area contributed by atoms with E-state index in [9.17, 15) is 9.59 Å². The van der Waals surface area contributed by atoms with E-state index in [2.05, 4.69) is 5.32 Å². The van der Waals surface area contributed by atoms with Crippen molar-refractivity contribution in [1.82, 2.24) is 5.32 Å². The Morgan fingerprint density at radius 2 is 1.78 bits per heavy atom. The number of nitrogens with zero attached hydrogens (tertiary/aromatic N) is 1. The highest BCUT2D eigenvalue weighted by Crippen LogP contribution is 2.37. The molecule has 6 nitrogen and oxygen atoms in total. The summed E-state index contributed by atoms with van der Waals surface area (Å²) in [5.41, 5.74) is 3.13. The van der Waals surface area contributed by atoms with Crippen molar-refractivity contribution in [3.8, 4) is 11.5 Å². The van der Waals surface area contributed by atoms with Crippen molar-refractivity contribution in [2.75, 3.05) is 17.4 Å². The molecule has 0 atom stereocenters. The van der Waals surface area contributed by atoms with E-state index in [1.807, 2.05) is 36.4 Å². The summed E-state index contributed by atoms with van der Waals surface area (Å²) >= 11 is 7.47. The van der Waals surface area contributed by atoms with Crippen LogP contribution in [0.5, 0.6) is 11.5 Å². The Labute approximate surface area is 194 Å². The zero-order valence-electron chi connectivity index (χ0n) is 17.0. The zero-order chi connectivity index (χ0) is 22.1. The van der Waals surface area contributed by atoms with Gasteiger partial charge in [0.1, 0.15) is 0 Å². The first-order valence-corrected chi connectivity index (χ1v) is 11.4. The Kier molecular flexibility index (Phi) is 5.68. The lowest BCUT2D eigenvalue weighted by Gasteiger charge is -2.29. The average molecular weight is 467 g/mol. The normalized spacial score (nSPS) is 14.3. The third-order valence-electron chi connectivity index (χ3n) is 5.31. The van der Waals surface area contributed by atoms with Crippen LogP contribution in [-0.2, 0) is 17.9 Å². The summed E-state index contributed by atoms with van der Waals surface area (Å²) in [5, 5.41) is 3.58. The van der Waals surface area contributed by atoms with Gasteiger partial charge in [0, 0.05) is 22.0 Å². The van der Waals surface area contributed by atoms with Crippen molar-refractivity contribution in [1.29, 1.82) is 0 Å². The van der Waals surface area contributed by atoms with Crippen molar-refractivity contribution in [3.63, 3.8) is 0 Å². The second-order valence-electron chi connectivity index (χ2n) is 7.45. The van der Waals surface area contributed by atoms with Crippen LogP contribution in [0.4, 0.5) is 5.69 Å². The molecule has 32 heavy (non-hydrogen) atoms. The number of carbonyl (C=O) groups excluding carboxylic acids is 2. The number of ether oxygens (including phenoxy) is 2. The standard InChI is InChI=1S/C24H19ClN2O4S/c25-18-5-1-15(2-6-18)12-27-19-10-17(4-8-22(19)32-13-23(27)28)24(29)26-11-16-3-7-20-21(9-16)31-14-30-20/h1-10H,11-14H2,(H,26,29). The van der Waals surface area contributed by atoms with Crippen molar-refractivity contribution in [2.24, 2.45) is 0 Å². The largest absolute Gasteiger partial charge is 0.454 e. The number of hydrogen-bond donors (Lipinski definition) is 1. The van der Waals surface area contributed by atoms with E-state index in [0.717, 1.165) is 21.7 Å². The molecule has 0 aliphatic carbocycles. The van der Waals surface area contributed by atoms with E-state index in [1.165, 1.54) is 11.8 Å². The van der Waals surface area contributed by atoms with Gasteiger partial charge in [0.25, 0.3) is 5.91 Å². The van der Waals surface area contributed by atoms with Gasteiger partial charge in [-0.1, -0.05) is 29.8 Å². The van der Waals surface area contributed by atoms with Gasteiger partial charge >= 0.3 is 0 Å². The minimum atomic E-state index is -0.208. The molecule has 3 aromatic rings. The summed E-state index contributed by atoms with van der Waals surface area (Å²) in [6.07, 6.45) is 0. The fourth-order valence-electron chi connectivity index (χ4n) is 3.62. The van der Waals surface area contributed by atoms with Gasteiger partial charge in [-0.3, -0.25) is 9.59 Å². The number of thioether (sulfide) groups is 1. The van der Waals surface area contributed by atoms with Crippen molar-refractivity contribution in [2.45, 2.75) is 18.0 Å². The number of nitrogens with one attached hydrogen (secondary N) is 1. The molecule has 0 spiro atoms. The van der Waals surface area contributed by atoms with Crippen LogP contribution in [0.2, 0.25) is 5.02 Å². The Bertz CT molecular complexity index is 1200. The molecule has 0 aromatic heterocycles. The van der Waals surface area contributed by atoms with E-state index in [-0.39, 0.29) is 18.6 Å². The zero-order valence-corrected chi connectivity index (χ0v) is 18.5. The van der Waals surface area contributed by atoms with Crippen LogP contribution < -0.4 is 19.7 Å². The summed E-state index contributed by atoms with van der Waals surface area (Å²) < 4.78 is 10.7. The van der Waals surface area contributed by atoms with Crippen molar-refractivity contribution < 1.29 is 19.1 Å². The van der Waals surface area contributed by atoms with Gasteiger partial charge in [-0.15, -0.1) is 11.8 Å². The molecule has 3 aromatic carbocycles. The Balaban J connectivity index is 1.33. The third kappa shape index (κ3) is 4.26. The van der Waals surface area contributed by atoms with Crippen LogP contribution in [0.15, 0.2) is 65.6 Å². The van der Waals surface area contributed by atoms with Crippen LogP contribution >= 0.6 is 23.4 Å². The smallest absolute Gasteiger partial charge is 0.251 e. The molecule has 2 heterocycles. The summed E-state index contributed by atoms with van der Waals surface area (Å²) in [6, 6.07) is 18.5. The number of rotatable bonds is 5. The first kappa shape index (κ1) is 20.7. The van der Waals surface area contributed by atoms with Gasteiger partial charge in [-0.2, -0.15) is 0 Å². The molecule has 2 aliphatic rings. The number of carbonyl (C=O) groups is 2. The van der Waals surface area contributed by atoms with Crippen LogP contribution in [0.25, 0.3) is 0 Å². The number of amides is 2. The summed E-state index contributed by atoms with van der Waals surface area (Å²) in [7, 11) is 0. The second-order valence-corrected chi connectivity index (χ2v) is 8.90. The predicted molar refractivity (Wildman–Crippen MR) is 124 cm³/mol. The van der Waals surface area contributed by atoms with Crippen molar-refractivity contribution in [3.05, 3.63) is 82.4 Å². The number of benzene rings is 3. The molecule has 2 amide bonds. The molecule has 162 valence electrons. The Morgan fingerprint density at radius 3 is 2.62 bits per heavy atom. The molecule has 0 radical (unpaired) electrons. The van der Waals surface area contributed by atoms with Crippen LogP contribution in [-0.4, -0.2) is 24.4 Å². The molecular weight excluding hydrogens is 448 g/mol. The van der Waals surface area contributed by atoms with Gasteiger partial charge in [0.15, 0.2) is 11.5 Å². The lowest BCUT2D eigenvalue weighted by molar-refractivity contribution is -0.116. The maximum absolute atomic E-state index is 12.8. The monoisotopic (exact) mass is 466 g/mol. The molecule has 0 unspecified atom stereocenters. The quantitative estimate of drug-likeness (QED) is 0.593. The highest BCUT2D eigenvalue weighted by atomic mass is 35.5. The van der Waals surface area contributed by atoms with Gasteiger partial charge < -0.3 is 19.7 Å². The SMILES string of the molecule is O=C(NCc1ccc2c(c1)OCO2)c1ccc2c(c1)N(Cc1ccc(Cl)cc1)C(=O)CS2. The van der Waals surface area contributed by atoms with E-state index >= 15 is 0 Å². The lowest BCUT2D eigenvalue weighted by Crippen LogP contribution is -2.35. The minimum Gasteiger partial charge on any atom is -0.454 e. The fourth-order valence-corrected chi connectivity index (χ4v) is 4.67. The van der Waals surface area contributed by atoms with Crippen LogP contribution in [0, 0.1) is 0 Å². The van der Waals surface area contributed by atoms with E-state index in [4.69, 9.17) is 21.1 Å². The minimum absolute atomic E-state index is 0.00960. The maximum Gasteiger partial charge on any atom is 0.251 e. The third-order valence-corrected chi connectivity index (χ3v) is 6.61. The maximum atomic E-state index is 12.8. The van der Waals surface area contributed by atoms with Gasteiger partial charge in [0.2, 0.25) is 12.7 Å². The molecule has 0 bridgehead atoms. The summed E-state index contributed by atoms with van der Waals surface area (Å²) in [6.45, 7) is 0.990. The molecule has 0 saturated carbocycles. The highest BCUT2D eigenvalue weighted by Gasteiger charge is 2.26. The molecule has 8 heteroatoms. The molecule has 2 aliphatic heterocycles. The fraction of sp³-hybridized carbons (Fsp3) is 0.167. The van der Waals surface area contributed by atoms with Gasteiger partial charge in [-0.05, 0) is 53.6 Å². The highest BCUT2D eigenvalue weighted by molar-refractivity contribution is 8.00. The second kappa shape index (κ2) is 8.76. The molecule has 0 fully saturated rings. The average Bonchev–Trinajstić information content (AvgIpc) is 3.28. The van der Waals surface area contributed by atoms with Crippen LogP contribution in [0.1, 0.15) is 21.5 Å². The number of halogens is 1. The van der Waals surface area contributed by atoms with Gasteiger partial charge in [-0.25, -0.2) is 0 Å². The molecule has 1 N–H and O–H groups in total. The van der Waals surface area contributed by atoms with Gasteiger partial charge in [0.05, 0.1) is 18.0 Å². The Hall–Kier alpha value is -3.16. The summed E-state index contributed by atoms with van der Waals surface area (Å²) in [5.74, 6) is 1.56. The van der Waals surface area contributed by atoms with E-state index in [1.54, 1.807) is 29.2 Å². The number of fused-ring (bicyclic) bond motifs is 2. The Morgan fingerprint density at radius 1 is 1.00 bits per heavy atom. The number of anilines is 1. The van der Waals surface area contributed by atoms with Crippen LogP contribution in [0.3, 0.4) is 0 Å². The molecule has 5 rings (SSSR count). The first-order valence-electron chi connectivity index (χ1n) is 10.1.